The van der Waals surface area contributed by atoms with Gasteiger partial charge in [0.15, 0.2) is 0 Å². The van der Waals surface area contributed by atoms with Crippen molar-refractivity contribution < 1.29 is 33.3 Å². The summed E-state index contributed by atoms with van der Waals surface area (Å²) in [4.78, 5) is 33.0. The maximum Gasteiger partial charge on any atom is 0.333 e. The van der Waals surface area contributed by atoms with Crippen LogP contribution in [0.25, 0.3) is 0 Å². The highest BCUT2D eigenvalue weighted by Gasteiger charge is 2.25. The van der Waals surface area contributed by atoms with Gasteiger partial charge in [-0.3, -0.25) is 4.79 Å². The maximum absolute atomic E-state index is 11.2. The van der Waals surface area contributed by atoms with Gasteiger partial charge < -0.3 is 18.9 Å². The summed E-state index contributed by atoms with van der Waals surface area (Å²) in [5, 5.41) is 0. The third-order valence-corrected chi connectivity index (χ3v) is 4.05. The summed E-state index contributed by atoms with van der Waals surface area (Å²) in [5.74, 6) is -0.636. The average molecular weight is 513 g/mol. The minimum absolute atomic E-state index is 0.0422. The highest BCUT2D eigenvalue weighted by molar-refractivity contribution is 9.10. The summed E-state index contributed by atoms with van der Waals surface area (Å²) in [7, 11) is 0. The molecule has 0 aliphatic rings. The Kier molecular flexibility index (Phi) is 16.9. The van der Waals surface area contributed by atoms with Crippen LogP contribution in [0.15, 0.2) is 24.3 Å². The highest BCUT2D eigenvalue weighted by Crippen LogP contribution is 2.17. The molecular weight excluding hydrogens is 484 g/mol. The van der Waals surface area contributed by atoms with Crippen LogP contribution in [0.2, 0.25) is 0 Å². The molecule has 0 fully saturated rings. The van der Waals surface area contributed by atoms with Gasteiger partial charge in [-0.15, -0.1) is 0 Å². The van der Waals surface area contributed by atoms with Crippen LogP contribution in [0.1, 0.15) is 34.6 Å². The summed E-state index contributed by atoms with van der Waals surface area (Å²) in [5.41, 5.74) is 0.726. The Bertz CT molecular complexity index is 598. The molecule has 0 saturated heterocycles. The highest BCUT2D eigenvalue weighted by atomic mass is 79.9. The van der Waals surface area contributed by atoms with Crippen LogP contribution in [-0.2, 0) is 33.3 Å². The van der Waals surface area contributed by atoms with Gasteiger partial charge in [0.1, 0.15) is 24.1 Å². The molecule has 0 aliphatic heterocycles. The lowest BCUT2D eigenvalue weighted by Crippen LogP contribution is -2.28. The van der Waals surface area contributed by atoms with Gasteiger partial charge in [-0.25, -0.2) is 9.59 Å². The third-order valence-electron chi connectivity index (χ3n) is 2.53. The Morgan fingerprint density at radius 3 is 1.79 bits per heavy atom. The summed E-state index contributed by atoms with van der Waals surface area (Å²) in [6, 6.07) is 0. The van der Waals surface area contributed by atoms with E-state index in [0.29, 0.717) is 34.5 Å². The van der Waals surface area contributed by atoms with Crippen LogP contribution >= 0.6 is 39.9 Å². The smallest absolute Gasteiger partial charge is 0.333 e. The lowest BCUT2D eigenvalue weighted by atomic mass is 10.2. The van der Waals surface area contributed by atoms with E-state index in [2.05, 4.69) is 29.1 Å². The normalized spacial score (nSPS) is 10.0. The lowest BCUT2D eigenvalue weighted by molar-refractivity contribution is -0.151. The molecule has 0 heterocycles. The molecule has 10 heteroatoms. The van der Waals surface area contributed by atoms with Gasteiger partial charge in [0, 0.05) is 16.9 Å². The van der Waals surface area contributed by atoms with Gasteiger partial charge in [-0.05, 0) is 46.8 Å². The van der Waals surface area contributed by atoms with E-state index in [1.54, 1.807) is 27.7 Å². The Labute approximate surface area is 190 Å². The van der Waals surface area contributed by atoms with Crippen LogP contribution in [0.5, 0.6) is 0 Å². The summed E-state index contributed by atoms with van der Waals surface area (Å²) < 4.78 is 19.2. The third kappa shape index (κ3) is 18.4. The van der Waals surface area contributed by atoms with Gasteiger partial charge >= 0.3 is 17.9 Å². The number of alkyl halides is 1. The molecular formula is C19H29BrO7S2. The number of hydrogen-bond donors (Lipinski definition) is 0. The first kappa shape index (κ1) is 29.8. The number of carbonyl (C=O) groups excluding carboxylic acids is 3. The van der Waals surface area contributed by atoms with E-state index < -0.39 is 16.3 Å². The van der Waals surface area contributed by atoms with Crippen molar-refractivity contribution >= 4 is 62.2 Å². The summed E-state index contributed by atoms with van der Waals surface area (Å²) >= 11 is 9.38. The fourth-order valence-corrected chi connectivity index (χ4v) is 2.12. The van der Waals surface area contributed by atoms with E-state index in [4.69, 9.17) is 31.2 Å². The molecule has 0 amide bonds. The van der Waals surface area contributed by atoms with Gasteiger partial charge in [0.25, 0.3) is 0 Å². The van der Waals surface area contributed by atoms with Crippen molar-refractivity contribution in [2.45, 2.75) is 38.9 Å². The average Bonchev–Trinajstić information content (AvgIpc) is 2.61. The van der Waals surface area contributed by atoms with E-state index in [1.807, 2.05) is 6.92 Å². The van der Waals surface area contributed by atoms with Crippen molar-refractivity contribution in [3.8, 4) is 0 Å². The molecule has 29 heavy (non-hydrogen) atoms. The first-order valence-electron chi connectivity index (χ1n) is 8.63. The van der Waals surface area contributed by atoms with E-state index in [1.165, 1.54) is 11.8 Å². The number of halogens is 1. The van der Waals surface area contributed by atoms with Crippen molar-refractivity contribution in [1.82, 2.24) is 0 Å². The second-order valence-electron chi connectivity index (χ2n) is 5.97. The Hall–Kier alpha value is -1.39. The number of thiocarbonyl (C=S) groups is 1. The van der Waals surface area contributed by atoms with Crippen molar-refractivity contribution in [3.63, 3.8) is 0 Å². The van der Waals surface area contributed by atoms with E-state index in [0.717, 1.165) is 0 Å². The molecule has 0 aromatic heterocycles. The number of ether oxygens (including phenoxy) is 4. The SMILES string of the molecule is C=C(C)C(=O)OCCOC(=O)C(C)(C)Br.C=C(C)C(=O)OCCSC(=S)OCC. The molecule has 0 radical (unpaired) electrons. The molecule has 0 saturated carbocycles. The fraction of sp³-hybridized carbons (Fsp3) is 0.579. The second kappa shape index (κ2) is 16.4. The molecule has 0 unspecified atom stereocenters. The van der Waals surface area contributed by atoms with E-state index in [-0.39, 0.29) is 19.2 Å². The van der Waals surface area contributed by atoms with Crippen LogP contribution in [0.4, 0.5) is 0 Å². The molecule has 0 atom stereocenters. The molecule has 0 bridgehead atoms. The van der Waals surface area contributed by atoms with Crippen molar-refractivity contribution in [1.29, 1.82) is 0 Å². The number of rotatable bonds is 10. The van der Waals surface area contributed by atoms with Crippen molar-refractivity contribution in [2.75, 3.05) is 32.2 Å². The van der Waals surface area contributed by atoms with Crippen LogP contribution < -0.4 is 0 Å². The maximum atomic E-state index is 11.2. The van der Waals surface area contributed by atoms with Crippen LogP contribution in [0.3, 0.4) is 0 Å². The topological polar surface area (TPSA) is 88.1 Å². The molecule has 166 valence electrons. The zero-order valence-electron chi connectivity index (χ0n) is 17.5. The van der Waals surface area contributed by atoms with Crippen molar-refractivity contribution in [3.05, 3.63) is 24.3 Å². The molecule has 0 N–H and O–H groups in total. The predicted octanol–water partition coefficient (Wildman–Crippen LogP) is 3.98. The van der Waals surface area contributed by atoms with E-state index >= 15 is 0 Å². The molecule has 0 aromatic rings. The minimum Gasteiger partial charge on any atom is -0.479 e. The zero-order valence-corrected chi connectivity index (χ0v) is 20.7. The Balaban J connectivity index is 0. The second-order valence-corrected chi connectivity index (χ2v) is 9.65. The number of thioether (sulfide) groups is 1. The predicted molar refractivity (Wildman–Crippen MR) is 122 cm³/mol. The van der Waals surface area contributed by atoms with Crippen LogP contribution in [0, 0.1) is 0 Å². The van der Waals surface area contributed by atoms with Gasteiger partial charge in [0.2, 0.25) is 4.38 Å². The Morgan fingerprint density at radius 1 is 0.931 bits per heavy atom. The van der Waals surface area contributed by atoms with Gasteiger partial charge in [0.05, 0.1) is 6.61 Å². The number of carbonyl (C=O) groups is 3. The molecule has 0 aliphatic carbocycles. The number of esters is 3. The molecule has 0 spiro atoms. The largest absolute Gasteiger partial charge is 0.479 e. The van der Waals surface area contributed by atoms with Gasteiger partial charge in [-0.1, -0.05) is 40.8 Å². The van der Waals surface area contributed by atoms with Crippen molar-refractivity contribution in [2.24, 2.45) is 0 Å². The zero-order chi connectivity index (χ0) is 23.0. The van der Waals surface area contributed by atoms with Crippen LogP contribution in [-0.4, -0.2) is 58.8 Å². The summed E-state index contributed by atoms with van der Waals surface area (Å²) in [6.07, 6.45) is 0. The first-order chi connectivity index (χ1) is 13.3. The molecule has 7 nitrogen and oxygen atoms in total. The van der Waals surface area contributed by atoms with Gasteiger partial charge in [-0.2, -0.15) is 0 Å². The Morgan fingerprint density at radius 2 is 1.38 bits per heavy atom. The number of hydrogen-bond acceptors (Lipinski definition) is 9. The summed E-state index contributed by atoms with van der Waals surface area (Å²) in [6.45, 7) is 16.2. The monoisotopic (exact) mass is 512 g/mol. The standard InChI is InChI=1S/C10H15BrO4.C9H14O3S2/c1-7(2)8(12)14-5-6-15-9(13)10(3,4)11;1-4-11-9(13)14-6-5-12-8(10)7(2)3/h1,5-6H2,2-4H3;2,4-6H2,1,3H3. The first-order valence-corrected chi connectivity index (χ1v) is 10.8. The lowest BCUT2D eigenvalue weighted by Gasteiger charge is -2.14. The fourth-order valence-electron chi connectivity index (χ4n) is 1.11. The molecule has 0 aromatic carbocycles. The quantitative estimate of drug-likeness (QED) is 0.107. The minimum atomic E-state index is -0.717. The van der Waals surface area contributed by atoms with E-state index in [9.17, 15) is 14.4 Å². The molecule has 0 rings (SSSR count).